The maximum Gasteiger partial charge on any atom is 0.316 e. The third kappa shape index (κ3) is 3.99. The van der Waals surface area contributed by atoms with Crippen LogP contribution in [0.15, 0.2) is 59.1 Å². The molecule has 1 aliphatic rings. The third-order valence-corrected chi connectivity index (χ3v) is 4.32. The highest BCUT2D eigenvalue weighted by Crippen LogP contribution is 2.23. The quantitative estimate of drug-likeness (QED) is 0.609. The van der Waals surface area contributed by atoms with E-state index in [2.05, 4.69) is 15.9 Å². The van der Waals surface area contributed by atoms with Gasteiger partial charge in [-0.15, -0.1) is 0 Å². The first-order chi connectivity index (χ1) is 11.1. The van der Waals surface area contributed by atoms with E-state index in [4.69, 9.17) is 4.74 Å². The highest BCUT2D eigenvalue weighted by Gasteiger charge is 2.35. The van der Waals surface area contributed by atoms with Crippen molar-refractivity contribution in [2.45, 2.75) is 13.0 Å². The van der Waals surface area contributed by atoms with E-state index in [-0.39, 0.29) is 18.3 Å². The Hall–Kier alpha value is -2.14. The van der Waals surface area contributed by atoms with Crippen LogP contribution in [-0.2, 0) is 16.1 Å². The molecule has 1 atom stereocenters. The molecule has 0 N–H and O–H groups in total. The van der Waals surface area contributed by atoms with Crippen LogP contribution >= 0.6 is 15.9 Å². The number of nitrogens with zero attached hydrogens (tertiary/aromatic N) is 1. The average Bonchev–Trinajstić information content (AvgIpc) is 2.92. The van der Waals surface area contributed by atoms with Crippen LogP contribution < -0.4 is 4.74 Å². The topological polar surface area (TPSA) is 46.6 Å². The molecule has 23 heavy (non-hydrogen) atoms. The number of likely N-dealkylation sites (tertiary alicyclic amines) is 1. The van der Waals surface area contributed by atoms with Crippen molar-refractivity contribution in [2.24, 2.45) is 5.92 Å². The molecule has 1 heterocycles. The predicted octanol–water partition coefficient (Wildman–Crippen LogP) is 3.40. The number of hydrogen-bond acceptors (Lipinski definition) is 3. The van der Waals surface area contributed by atoms with Gasteiger partial charge in [0.15, 0.2) is 0 Å². The fourth-order valence-electron chi connectivity index (χ4n) is 2.59. The van der Waals surface area contributed by atoms with E-state index in [0.717, 1.165) is 10.0 Å². The molecule has 0 saturated carbocycles. The minimum atomic E-state index is -0.408. The van der Waals surface area contributed by atoms with E-state index in [0.29, 0.717) is 18.8 Å². The normalized spacial score (nSPS) is 17.3. The van der Waals surface area contributed by atoms with Crippen molar-refractivity contribution in [3.63, 3.8) is 0 Å². The molecule has 2 aromatic rings. The molecule has 0 aromatic heterocycles. The Morgan fingerprint density at radius 3 is 2.52 bits per heavy atom. The number of carbonyl (C=O) groups excluding carboxylic acids is 2. The predicted molar refractivity (Wildman–Crippen MR) is 89.7 cm³/mol. The first-order valence-corrected chi connectivity index (χ1v) is 8.20. The van der Waals surface area contributed by atoms with Gasteiger partial charge in [0.1, 0.15) is 5.75 Å². The summed E-state index contributed by atoms with van der Waals surface area (Å²) >= 11 is 3.33. The second kappa shape index (κ2) is 6.96. The summed E-state index contributed by atoms with van der Waals surface area (Å²) in [6, 6.07) is 16.8. The van der Waals surface area contributed by atoms with E-state index in [1.54, 1.807) is 17.0 Å². The van der Waals surface area contributed by atoms with Crippen molar-refractivity contribution in [1.82, 2.24) is 4.90 Å². The summed E-state index contributed by atoms with van der Waals surface area (Å²) in [7, 11) is 0. The zero-order valence-electron chi connectivity index (χ0n) is 12.4. The first-order valence-electron chi connectivity index (χ1n) is 7.41. The molecule has 0 radical (unpaired) electrons. The van der Waals surface area contributed by atoms with E-state index in [1.807, 2.05) is 42.5 Å². The molecule has 3 rings (SSSR count). The highest BCUT2D eigenvalue weighted by molar-refractivity contribution is 9.10. The maximum absolute atomic E-state index is 12.2. The van der Waals surface area contributed by atoms with Crippen molar-refractivity contribution >= 4 is 27.8 Å². The Balaban J connectivity index is 1.60. The Labute approximate surface area is 143 Å². The second-order valence-electron chi connectivity index (χ2n) is 5.54. The zero-order chi connectivity index (χ0) is 16.2. The van der Waals surface area contributed by atoms with Crippen molar-refractivity contribution in [3.05, 3.63) is 64.6 Å². The number of halogens is 1. The SMILES string of the molecule is O=C(Oc1ccc(Br)cc1)[C@@H]1CC(=O)N(Cc2ccccc2)C1. The van der Waals surface area contributed by atoms with Crippen LogP contribution in [0.4, 0.5) is 0 Å². The molecule has 5 heteroatoms. The van der Waals surface area contributed by atoms with E-state index >= 15 is 0 Å². The number of ether oxygens (including phenoxy) is 1. The molecular weight excluding hydrogens is 358 g/mol. The standard InChI is InChI=1S/C18H16BrNO3/c19-15-6-8-16(9-7-15)23-18(22)14-10-17(21)20(12-14)11-13-4-2-1-3-5-13/h1-9,14H,10-12H2/t14-/m1/s1. The van der Waals surface area contributed by atoms with E-state index in [9.17, 15) is 9.59 Å². The summed E-state index contributed by atoms with van der Waals surface area (Å²) in [6.07, 6.45) is 0.211. The summed E-state index contributed by atoms with van der Waals surface area (Å²) < 4.78 is 6.28. The molecule has 1 saturated heterocycles. The van der Waals surface area contributed by atoms with Gasteiger partial charge in [0, 0.05) is 24.0 Å². The molecule has 118 valence electrons. The van der Waals surface area contributed by atoms with Gasteiger partial charge in [-0.25, -0.2) is 0 Å². The van der Waals surface area contributed by atoms with Gasteiger partial charge in [0.2, 0.25) is 5.91 Å². The summed E-state index contributed by atoms with van der Waals surface area (Å²) in [5, 5.41) is 0. The van der Waals surface area contributed by atoms with Crippen LogP contribution in [0, 0.1) is 5.92 Å². The highest BCUT2D eigenvalue weighted by atomic mass is 79.9. The number of hydrogen-bond donors (Lipinski definition) is 0. The summed E-state index contributed by atoms with van der Waals surface area (Å²) in [5.74, 6) is -0.273. The van der Waals surface area contributed by atoms with Crippen molar-refractivity contribution in [3.8, 4) is 5.75 Å². The molecule has 4 nitrogen and oxygen atoms in total. The van der Waals surface area contributed by atoms with Crippen molar-refractivity contribution in [1.29, 1.82) is 0 Å². The minimum absolute atomic E-state index is 0.00777. The largest absolute Gasteiger partial charge is 0.426 e. The first kappa shape index (κ1) is 15.7. The van der Waals surface area contributed by atoms with Gasteiger partial charge in [-0.05, 0) is 29.8 Å². The Bertz CT molecular complexity index is 700. The Morgan fingerprint density at radius 2 is 1.83 bits per heavy atom. The van der Waals surface area contributed by atoms with Crippen molar-refractivity contribution in [2.75, 3.05) is 6.54 Å². The molecule has 0 aliphatic carbocycles. The van der Waals surface area contributed by atoms with Gasteiger partial charge in [0.05, 0.1) is 5.92 Å². The molecule has 0 unspecified atom stereocenters. The molecular formula is C18H16BrNO3. The van der Waals surface area contributed by atoms with Gasteiger partial charge in [-0.1, -0.05) is 46.3 Å². The zero-order valence-corrected chi connectivity index (χ0v) is 14.0. The third-order valence-electron chi connectivity index (χ3n) is 3.80. The summed E-state index contributed by atoms with van der Waals surface area (Å²) in [5.41, 5.74) is 1.06. The van der Waals surface area contributed by atoms with Crippen LogP contribution in [0.5, 0.6) is 5.75 Å². The fraction of sp³-hybridized carbons (Fsp3) is 0.222. The lowest BCUT2D eigenvalue weighted by Crippen LogP contribution is -2.27. The lowest BCUT2D eigenvalue weighted by atomic mass is 10.1. The van der Waals surface area contributed by atoms with Gasteiger partial charge in [-0.3, -0.25) is 9.59 Å². The molecule has 1 fully saturated rings. The average molecular weight is 374 g/mol. The monoisotopic (exact) mass is 373 g/mol. The van der Waals surface area contributed by atoms with Crippen LogP contribution in [0.25, 0.3) is 0 Å². The minimum Gasteiger partial charge on any atom is -0.426 e. The van der Waals surface area contributed by atoms with Crippen LogP contribution in [0.1, 0.15) is 12.0 Å². The number of esters is 1. The Morgan fingerprint density at radius 1 is 1.13 bits per heavy atom. The fourth-order valence-corrected chi connectivity index (χ4v) is 2.85. The van der Waals surface area contributed by atoms with E-state index in [1.165, 1.54) is 0 Å². The van der Waals surface area contributed by atoms with Gasteiger partial charge in [-0.2, -0.15) is 0 Å². The van der Waals surface area contributed by atoms with Crippen LogP contribution in [0.3, 0.4) is 0 Å². The maximum atomic E-state index is 12.2. The smallest absolute Gasteiger partial charge is 0.316 e. The molecule has 0 spiro atoms. The summed E-state index contributed by atoms with van der Waals surface area (Å²) in [4.78, 5) is 26.0. The lowest BCUT2D eigenvalue weighted by molar-refractivity contribution is -0.139. The molecule has 1 aliphatic heterocycles. The number of amides is 1. The molecule has 0 bridgehead atoms. The number of carbonyl (C=O) groups is 2. The van der Waals surface area contributed by atoms with Crippen LogP contribution in [-0.4, -0.2) is 23.3 Å². The van der Waals surface area contributed by atoms with E-state index < -0.39 is 5.92 Å². The molecule has 2 aromatic carbocycles. The Kier molecular flexibility index (Phi) is 4.76. The van der Waals surface area contributed by atoms with Crippen LogP contribution in [0.2, 0.25) is 0 Å². The number of rotatable bonds is 4. The summed E-state index contributed by atoms with van der Waals surface area (Å²) in [6.45, 7) is 0.935. The van der Waals surface area contributed by atoms with Crippen molar-refractivity contribution < 1.29 is 14.3 Å². The van der Waals surface area contributed by atoms with Gasteiger partial charge >= 0.3 is 5.97 Å². The number of benzene rings is 2. The van der Waals surface area contributed by atoms with Gasteiger partial charge < -0.3 is 9.64 Å². The lowest BCUT2D eigenvalue weighted by Gasteiger charge is -2.16. The van der Waals surface area contributed by atoms with Gasteiger partial charge in [0.25, 0.3) is 0 Å². The second-order valence-corrected chi connectivity index (χ2v) is 6.45. The molecule has 1 amide bonds.